The van der Waals surface area contributed by atoms with E-state index in [1.165, 1.54) is 6.33 Å². The first-order valence-electron chi connectivity index (χ1n) is 5.01. The largest absolute Gasteiger partial charge is 0.321 e. The van der Waals surface area contributed by atoms with Gasteiger partial charge in [-0.3, -0.25) is 9.78 Å². The summed E-state index contributed by atoms with van der Waals surface area (Å²) in [6.07, 6.45) is 4.65. The van der Waals surface area contributed by atoms with Gasteiger partial charge in [-0.15, -0.1) is 0 Å². The fourth-order valence-electron chi connectivity index (χ4n) is 1.32. The maximum Gasteiger partial charge on any atom is 0.229 e. The average Bonchev–Trinajstić information content (AvgIpc) is 2.35. The maximum atomic E-state index is 11.8. The van der Waals surface area contributed by atoms with E-state index >= 15 is 0 Å². The molecule has 0 aromatic carbocycles. The van der Waals surface area contributed by atoms with Crippen LogP contribution in [0.5, 0.6) is 0 Å². The number of anilines is 1. The van der Waals surface area contributed by atoms with Gasteiger partial charge < -0.3 is 5.32 Å². The zero-order chi connectivity index (χ0) is 13.0. The highest BCUT2D eigenvalue weighted by Gasteiger charge is 2.12. The van der Waals surface area contributed by atoms with E-state index in [9.17, 15) is 4.79 Å². The van der Waals surface area contributed by atoms with Crippen LogP contribution in [0.1, 0.15) is 5.56 Å². The van der Waals surface area contributed by atoms with Crippen LogP contribution in [0.25, 0.3) is 0 Å². The van der Waals surface area contributed by atoms with E-state index in [0.717, 1.165) is 5.56 Å². The first-order chi connectivity index (χ1) is 8.66. The molecule has 0 unspecified atom stereocenters. The van der Waals surface area contributed by atoms with Crippen molar-refractivity contribution in [3.8, 4) is 0 Å². The van der Waals surface area contributed by atoms with Crippen LogP contribution in [0, 0.1) is 0 Å². The van der Waals surface area contributed by atoms with Crippen LogP contribution in [-0.2, 0) is 11.2 Å². The predicted octanol–water partition coefficient (Wildman–Crippen LogP) is 2.36. The van der Waals surface area contributed by atoms with Crippen molar-refractivity contribution in [2.45, 2.75) is 6.42 Å². The number of carbonyl (C=O) groups excluding carboxylic acids is 1. The van der Waals surface area contributed by atoms with Crippen LogP contribution < -0.4 is 5.32 Å². The second-order valence-electron chi connectivity index (χ2n) is 3.42. The van der Waals surface area contributed by atoms with E-state index in [1.54, 1.807) is 24.5 Å². The Bertz CT molecular complexity index is 542. The molecule has 92 valence electrons. The number of carbonyl (C=O) groups is 1. The first kappa shape index (κ1) is 12.7. The van der Waals surface area contributed by atoms with E-state index in [-0.39, 0.29) is 28.3 Å². The Morgan fingerprint density at radius 3 is 2.61 bits per heavy atom. The number of nitrogens with one attached hydrogen (secondary N) is 1. The van der Waals surface area contributed by atoms with Gasteiger partial charge in [0.15, 0.2) is 10.3 Å². The number of nitrogens with zero attached hydrogens (tertiary/aromatic N) is 3. The van der Waals surface area contributed by atoms with Gasteiger partial charge in [0.1, 0.15) is 12.0 Å². The van der Waals surface area contributed by atoms with Gasteiger partial charge in [-0.2, -0.15) is 0 Å². The van der Waals surface area contributed by atoms with Gasteiger partial charge in [-0.25, -0.2) is 9.97 Å². The van der Waals surface area contributed by atoms with Gasteiger partial charge in [-0.05, 0) is 11.6 Å². The Hall–Kier alpha value is -1.72. The summed E-state index contributed by atoms with van der Waals surface area (Å²) in [4.78, 5) is 23.2. The van der Waals surface area contributed by atoms with Gasteiger partial charge in [0.2, 0.25) is 5.91 Å². The molecule has 0 aliphatic carbocycles. The molecule has 0 spiro atoms. The first-order valence-corrected chi connectivity index (χ1v) is 5.77. The molecular weight excluding hydrogens is 275 g/mol. The van der Waals surface area contributed by atoms with E-state index < -0.39 is 0 Å². The minimum Gasteiger partial charge on any atom is -0.321 e. The lowest BCUT2D eigenvalue weighted by atomic mass is 10.2. The normalized spacial score (nSPS) is 10.1. The molecular formula is C11H8Cl2N4O. The maximum absolute atomic E-state index is 11.8. The third kappa shape index (κ3) is 3.15. The third-order valence-corrected chi connectivity index (χ3v) is 2.68. The van der Waals surface area contributed by atoms with Crippen LogP contribution in [-0.4, -0.2) is 20.9 Å². The number of hydrogen-bond donors (Lipinski definition) is 1. The Kier molecular flexibility index (Phi) is 4.07. The van der Waals surface area contributed by atoms with Crippen molar-refractivity contribution in [1.29, 1.82) is 0 Å². The average molecular weight is 283 g/mol. The molecule has 5 nitrogen and oxygen atoms in total. The number of rotatable bonds is 3. The van der Waals surface area contributed by atoms with Gasteiger partial charge >= 0.3 is 0 Å². The number of halogens is 2. The Morgan fingerprint density at radius 1 is 1.28 bits per heavy atom. The Balaban J connectivity index is 2.08. The molecule has 0 atom stereocenters. The SMILES string of the molecule is O=C(Cc1cccnc1)Nc1c(Cl)ncnc1Cl. The Morgan fingerprint density at radius 2 is 2.00 bits per heavy atom. The minimum atomic E-state index is -0.262. The zero-order valence-electron chi connectivity index (χ0n) is 9.10. The highest BCUT2D eigenvalue weighted by atomic mass is 35.5. The molecule has 1 N–H and O–H groups in total. The highest BCUT2D eigenvalue weighted by Crippen LogP contribution is 2.25. The van der Waals surface area contributed by atoms with Gasteiger partial charge in [0, 0.05) is 12.4 Å². The fourth-order valence-corrected chi connectivity index (χ4v) is 1.73. The van der Waals surface area contributed by atoms with Crippen molar-refractivity contribution in [2.24, 2.45) is 0 Å². The molecule has 2 heterocycles. The summed E-state index contributed by atoms with van der Waals surface area (Å²) in [6, 6.07) is 3.56. The summed E-state index contributed by atoms with van der Waals surface area (Å²) in [5, 5.41) is 2.78. The number of amides is 1. The zero-order valence-corrected chi connectivity index (χ0v) is 10.6. The smallest absolute Gasteiger partial charge is 0.229 e. The molecule has 1 amide bonds. The lowest BCUT2D eigenvalue weighted by Crippen LogP contribution is -2.15. The molecule has 2 aromatic rings. The predicted molar refractivity (Wildman–Crippen MR) is 68.6 cm³/mol. The second kappa shape index (κ2) is 5.75. The fraction of sp³-hybridized carbons (Fsp3) is 0.0909. The minimum absolute atomic E-state index is 0.106. The molecule has 2 rings (SSSR count). The number of pyridine rings is 1. The quantitative estimate of drug-likeness (QED) is 0.878. The molecule has 0 radical (unpaired) electrons. The number of aromatic nitrogens is 3. The molecule has 0 bridgehead atoms. The van der Waals surface area contributed by atoms with Crippen molar-refractivity contribution in [2.75, 3.05) is 5.32 Å². The summed E-state index contributed by atoms with van der Waals surface area (Å²) in [5.41, 5.74) is 1.01. The Labute approximate surface area is 113 Å². The van der Waals surface area contributed by atoms with Crippen LogP contribution in [0.3, 0.4) is 0 Å². The van der Waals surface area contributed by atoms with Gasteiger partial charge in [0.05, 0.1) is 6.42 Å². The number of hydrogen-bond acceptors (Lipinski definition) is 4. The van der Waals surface area contributed by atoms with Crippen molar-refractivity contribution >= 4 is 34.8 Å². The standard InChI is InChI=1S/C11H8Cl2N4O/c12-10-9(11(13)16-6-15-10)17-8(18)4-7-2-1-3-14-5-7/h1-3,5-6H,4H2,(H,17,18). The lowest BCUT2D eigenvalue weighted by molar-refractivity contribution is -0.115. The van der Waals surface area contributed by atoms with Crippen molar-refractivity contribution < 1.29 is 4.79 Å². The van der Waals surface area contributed by atoms with Gasteiger partial charge in [-0.1, -0.05) is 29.3 Å². The summed E-state index contributed by atoms with van der Waals surface area (Å²) in [6.45, 7) is 0. The topological polar surface area (TPSA) is 67.8 Å². The third-order valence-electron chi connectivity index (χ3n) is 2.11. The summed E-state index contributed by atoms with van der Waals surface area (Å²) >= 11 is 11.6. The summed E-state index contributed by atoms with van der Waals surface area (Å²) in [5.74, 6) is -0.262. The molecule has 0 aliphatic heterocycles. The molecule has 2 aromatic heterocycles. The lowest BCUT2D eigenvalue weighted by Gasteiger charge is -2.07. The molecule has 0 fully saturated rings. The molecule has 0 saturated heterocycles. The molecule has 0 saturated carbocycles. The van der Waals surface area contributed by atoms with E-state index in [0.29, 0.717) is 0 Å². The van der Waals surface area contributed by atoms with E-state index in [4.69, 9.17) is 23.2 Å². The summed E-state index contributed by atoms with van der Waals surface area (Å²) < 4.78 is 0. The molecule has 0 aliphatic rings. The highest BCUT2D eigenvalue weighted by molar-refractivity contribution is 6.38. The van der Waals surface area contributed by atoms with Crippen LogP contribution in [0.15, 0.2) is 30.9 Å². The van der Waals surface area contributed by atoms with Crippen molar-refractivity contribution in [1.82, 2.24) is 15.0 Å². The van der Waals surface area contributed by atoms with Crippen molar-refractivity contribution in [3.05, 3.63) is 46.7 Å². The van der Waals surface area contributed by atoms with E-state index in [2.05, 4.69) is 20.3 Å². The monoisotopic (exact) mass is 282 g/mol. The molecule has 18 heavy (non-hydrogen) atoms. The molecule has 7 heteroatoms. The second-order valence-corrected chi connectivity index (χ2v) is 4.13. The van der Waals surface area contributed by atoms with Crippen LogP contribution in [0.2, 0.25) is 10.3 Å². The summed E-state index contributed by atoms with van der Waals surface area (Å²) in [7, 11) is 0. The van der Waals surface area contributed by atoms with Gasteiger partial charge in [0.25, 0.3) is 0 Å². The van der Waals surface area contributed by atoms with Crippen LogP contribution >= 0.6 is 23.2 Å². The van der Waals surface area contributed by atoms with Crippen LogP contribution in [0.4, 0.5) is 5.69 Å². The van der Waals surface area contributed by atoms with Crippen molar-refractivity contribution in [3.63, 3.8) is 0 Å². The van der Waals surface area contributed by atoms with E-state index in [1.807, 2.05) is 0 Å².